The van der Waals surface area contributed by atoms with Crippen molar-refractivity contribution >= 4 is 28.7 Å². The number of hydrogen-bond acceptors (Lipinski definition) is 5. The van der Waals surface area contributed by atoms with Gasteiger partial charge in [-0.1, -0.05) is 61.9 Å². The highest BCUT2D eigenvalue weighted by atomic mass is 16.3. The van der Waals surface area contributed by atoms with E-state index in [4.69, 9.17) is 0 Å². The lowest BCUT2D eigenvalue weighted by atomic mass is 9.94. The van der Waals surface area contributed by atoms with Gasteiger partial charge in [-0.15, -0.1) is 0 Å². The number of aliphatic hydroxyl groups is 1. The third-order valence-electron chi connectivity index (χ3n) is 5.20. The van der Waals surface area contributed by atoms with Crippen molar-refractivity contribution in [1.29, 1.82) is 0 Å². The van der Waals surface area contributed by atoms with Crippen LogP contribution in [0.2, 0.25) is 0 Å². The second-order valence-electron chi connectivity index (χ2n) is 7.25. The number of carbonyl (C=O) groups excluding carboxylic acids is 3. The van der Waals surface area contributed by atoms with Crippen molar-refractivity contribution in [3.05, 3.63) is 71.3 Å². The quantitative estimate of drug-likeness (QED) is 0.726. The molecule has 5 nitrogen and oxygen atoms in total. The van der Waals surface area contributed by atoms with E-state index in [1.807, 2.05) is 37.3 Å². The molecule has 0 saturated carbocycles. The third-order valence-corrected chi connectivity index (χ3v) is 5.20. The summed E-state index contributed by atoms with van der Waals surface area (Å²) in [7, 11) is 0. The molecule has 0 aliphatic carbocycles. The van der Waals surface area contributed by atoms with Gasteiger partial charge < -0.3 is 10.0 Å². The van der Waals surface area contributed by atoms with Gasteiger partial charge in [-0.25, -0.2) is 0 Å². The maximum Gasteiger partial charge on any atom is 0.221 e. The van der Waals surface area contributed by atoms with E-state index in [-0.39, 0.29) is 36.4 Å². The standard InChI is InChI=1S/C24H25NO4/c1-4-19(26)15-24(29)23(28)21(20(27)5-2)22(17-9-7-6-8-10-17)25(24)18-13-11-16(3)12-14-18/h6-14,29H,4-5,15H2,1-3H3. The zero-order valence-corrected chi connectivity index (χ0v) is 16.9. The number of rotatable bonds is 7. The van der Waals surface area contributed by atoms with Gasteiger partial charge in [-0.05, 0) is 24.6 Å². The van der Waals surface area contributed by atoms with Gasteiger partial charge in [0.05, 0.1) is 17.7 Å². The van der Waals surface area contributed by atoms with Gasteiger partial charge in [0.1, 0.15) is 5.78 Å². The Labute approximate surface area is 170 Å². The van der Waals surface area contributed by atoms with Gasteiger partial charge in [0.15, 0.2) is 5.78 Å². The Morgan fingerprint density at radius 2 is 1.59 bits per heavy atom. The molecule has 1 aliphatic rings. The molecule has 0 fully saturated rings. The van der Waals surface area contributed by atoms with E-state index in [9.17, 15) is 19.5 Å². The van der Waals surface area contributed by atoms with Crippen molar-refractivity contribution in [1.82, 2.24) is 0 Å². The number of hydrogen-bond donors (Lipinski definition) is 1. The first-order chi connectivity index (χ1) is 13.8. The zero-order chi connectivity index (χ0) is 21.2. The minimum Gasteiger partial charge on any atom is -0.364 e. The van der Waals surface area contributed by atoms with Crippen molar-refractivity contribution in [3.8, 4) is 0 Å². The van der Waals surface area contributed by atoms with Crippen molar-refractivity contribution in [2.45, 2.75) is 45.8 Å². The number of benzene rings is 2. The second kappa shape index (κ2) is 8.13. The SMILES string of the molecule is CCC(=O)CC1(O)C(=O)C(C(=O)CC)=C(c2ccccc2)N1c1ccc(C)cc1. The molecule has 1 atom stereocenters. The Kier molecular flexibility index (Phi) is 5.80. The normalized spacial score (nSPS) is 19.0. The highest BCUT2D eigenvalue weighted by Gasteiger charge is 2.54. The van der Waals surface area contributed by atoms with Crippen LogP contribution in [-0.2, 0) is 14.4 Å². The number of Topliss-reactive ketones (excluding diaryl/α,β-unsaturated/α-hetero) is 3. The highest BCUT2D eigenvalue weighted by molar-refractivity contribution is 6.33. The summed E-state index contributed by atoms with van der Waals surface area (Å²) in [4.78, 5) is 39.9. The molecule has 0 aromatic heterocycles. The molecule has 1 heterocycles. The molecule has 2 aromatic carbocycles. The number of anilines is 1. The number of ketones is 3. The molecule has 0 bridgehead atoms. The van der Waals surface area contributed by atoms with Crippen LogP contribution in [0, 0.1) is 6.92 Å². The summed E-state index contributed by atoms with van der Waals surface area (Å²) in [5, 5.41) is 11.6. The van der Waals surface area contributed by atoms with E-state index >= 15 is 0 Å². The first-order valence-corrected chi connectivity index (χ1v) is 9.82. The molecule has 29 heavy (non-hydrogen) atoms. The van der Waals surface area contributed by atoms with Crippen molar-refractivity contribution in [2.24, 2.45) is 0 Å². The van der Waals surface area contributed by atoms with Crippen molar-refractivity contribution < 1.29 is 19.5 Å². The van der Waals surface area contributed by atoms with Gasteiger partial charge >= 0.3 is 0 Å². The molecule has 1 unspecified atom stereocenters. The molecule has 1 aliphatic heterocycles. The summed E-state index contributed by atoms with van der Waals surface area (Å²) in [6, 6.07) is 16.3. The predicted molar refractivity (Wildman–Crippen MR) is 112 cm³/mol. The second-order valence-corrected chi connectivity index (χ2v) is 7.25. The topological polar surface area (TPSA) is 74.7 Å². The summed E-state index contributed by atoms with van der Waals surface area (Å²) < 4.78 is 0. The van der Waals surface area contributed by atoms with Crippen LogP contribution >= 0.6 is 0 Å². The van der Waals surface area contributed by atoms with Crippen LogP contribution in [0.15, 0.2) is 60.2 Å². The summed E-state index contributed by atoms with van der Waals surface area (Å²) in [6.45, 7) is 5.30. The van der Waals surface area contributed by atoms with Gasteiger partial charge in [-0.3, -0.25) is 14.4 Å². The van der Waals surface area contributed by atoms with Gasteiger partial charge in [0.25, 0.3) is 0 Å². The van der Waals surface area contributed by atoms with Gasteiger partial charge in [0, 0.05) is 18.5 Å². The van der Waals surface area contributed by atoms with Crippen molar-refractivity contribution in [2.75, 3.05) is 4.90 Å². The van der Waals surface area contributed by atoms with Gasteiger partial charge in [0.2, 0.25) is 11.5 Å². The van der Waals surface area contributed by atoms with E-state index in [0.717, 1.165) is 5.56 Å². The lowest BCUT2D eigenvalue weighted by molar-refractivity contribution is -0.138. The Morgan fingerprint density at radius 1 is 0.966 bits per heavy atom. The minimum absolute atomic E-state index is 0.0503. The number of carbonyl (C=O) groups is 3. The number of aryl methyl sites for hydroxylation is 1. The van der Waals surface area contributed by atoms with E-state index in [1.165, 1.54) is 4.90 Å². The molecule has 0 radical (unpaired) electrons. The van der Waals surface area contributed by atoms with E-state index in [0.29, 0.717) is 16.9 Å². The van der Waals surface area contributed by atoms with Crippen molar-refractivity contribution in [3.63, 3.8) is 0 Å². The highest BCUT2D eigenvalue weighted by Crippen LogP contribution is 2.44. The average Bonchev–Trinajstić information content (AvgIpc) is 2.96. The van der Waals surface area contributed by atoms with Crippen LogP contribution < -0.4 is 4.90 Å². The lowest BCUT2D eigenvalue weighted by Gasteiger charge is -2.35. The predicted octanol–water partition coefficient (Wildman–Crippen LogP) is 3.83. The first kappa shape index (κ1) is 20.7. The molecule has 0 saturated heterocycles. The first-order valence-electron chi connectivity index (χ1n) is 9.82. The largest absolute Gasteiger partial charge is 0.364 e. The summed E-state index contributed by atoms with van der Waals surface area (Å²) in [5.74, 6) is -1.33. The lowest BCUT2D eigenvalue weighted by Crippen LogP contribution is -2.51. The van der Waals surface area contributed by atoms with E-state index in [2.05, 4.69) is 0 Å². The maximum absolute atomic E-state index is 13.4. The summed E-state index contributed by atoms with van der Waals surface area (Å²) >= 11 is 0. The molecule has 3 rings (SSSR count). The Morgan fingerprint density at radius 3 is 2.14 bits per heavy atom. The zero-order valence-electron chi connectivity index (χ0n) is 16.9. The fourth-order valence-electron chi connectivity index (χ4n) is 3.61. The molecule has 1 N–H and O–H groups in total. The molecule has 0 spiro atoms. The Hall–Kier alpha value is -3.05. The fraction of sp³-hybridized carbons (Fsp3) is 0.292. The molecular formula is C24H25NO4. The molecule has 5 heteroatoms. The maximum atomic E-state index is 13.4. The third kappa shape index (κ3) is 3.66. The van der Waals surface area contributed by atoms with Crippen LogP contribution in [0.25, 0.3) is 5.70 Å². The Balaban J connectivity index is 2.31. The molecular weight excluding hydrogens is 366 g/mol. The van der Waals surface area contributed by atoms with E-state index in [1.54, 1.807) is 38.1 Å². The van der Waals surface area contributed by atoms with Gasteiger partial charge in [-0.2, -0.15) is 0 Å². The van der Waals surface area contributed by atoms with Crippen LogP contribution in [0.4, 0.5) is 5.69 Å². The summed E-state index contributed by atoms with van der Waals surface area (Å²) in [5.41, 5.74) is 0.366. The molecule has 150 valence electrons. The molecule has 0 amide bonds. The van der Waals surface area contributed by atoms with Crippen LogP contribution in [0.5, 0.6) is 0 Å². The minimum atomic E-state index is -2.13. The van der Waals surface area contributed by atoms with Crippen LogP contribution in [0.3, 0.4) is 0 Å². The average molecular weight is 391 g/mol. The van der Waals surface area contributed by atoms with Crippen LogP contribution in [-0.4, -0.2) is 28.2 Å². The number of nitrogens with zero attached hydrogens (tertiary/aromatic N) is 1. The Bertz CT molecular complexity index is 976. The molecule has 2 aromatic rings. The fourth-order valence-corrected chi connectivity index (χ4v) is 3.61. The summed E-state index contributed by atoms with van der Waals surface area (Å²) in [6.07, 6.45) is -0.0704. The smallest absolute Gasteiger partial charge is 0.221 e. The van der Waals surface area contributed by atoms with Crippen LogP contribution in [0.1, 0.15) is 44.2 Å². The monoisotopic (exact) mass is 391 g/mol. The van der Waals surface area contributed by atoms with E-state index < -0.39 is 11.5 Å².